The smallest absolute Gasteiger partial charge is 0.219 e. The van der Waals surface area contributed by atoms with Gasteiger partial charge in [-0.1, -0.05) is 6.07 Å². The molecule has 0 aliphatic heterocycles. The van der Waals surface area contributed by atoms with Gasteiger partial charge in [-0.3, -0.25) is 0 Å². The van der Waals surface area contributed by atoms with Crippen molar-refractivity contribution in [2.24, 2.45) is 5.73 Å². The van der Waals surface area contributed by atoms with Crippen molar-refractivity contribution in [1.82, 2.24) is 4.98 Å². The van der Waals surface area contributed by atoms with Gasteiger partial charge in [0.25, 0.3) is 0 Å². The van der Waals surface area contributed by atoms with Crippen LogP contribution in [-0.2, 0) is 6.42 Å². The first-order chi connectivity index (χ1) is 8.69. The lowest BCUT2D eigenvalue weighted by Crippen LogP contribution is -2.02. The number of hydrogen-bond donors (Lipinski definition) is 1. The monoisotopic (exact) mass is 310 g/mol. The van der Waals surface area contributed by atoms with Crippen molar-refractivity contribution in [3.05, 3.63) is 52.4 Å². The maximum atomic E-state index is 12.9. The number of nitrogens with two attached hydrogens (primary N) is 1. The van der Waals surface area contributed by atoms with Crippen molar-refractivity contribution in [2.45, 2.75) is 6.42 Å². The van der Waals surface area contributed by atoms with Crippen LogP contribution in [0.3, 0.4) is 0 Å². The number of hydrogen-bond acceptors (Lipinski definition) is 3. The van der Waals surface area contributed by atoms with Gasteiger partial charge >= 0.3 is 0 Å². The molecule has 1 aromatic carbocycles. The van der Waals surface area contributed by atoms with Gasteiger partial charge < -0.3 is 10.5 Å². The van der Waals surface area contributed by atoms with Crippen molar-refractivity contribution in [3.63, 3.8) is 0 Å². The van der Waals surface area contributed by atoms with Gasteiger partial charge in [0.05, 0.1) is 4.47 Å². The van der Waals surface area contributed by atoms with E-state index in [1.54, 1.807) is 18.3 Å². The van der Waals surface area contributed by atoms with Gasteiger partial charge in [0.1, 0.15) is 11.6 Å². The normalized spacial score (nSPS) is 10.4. The highest BCUT2D eigenvalue weighted by molar-refractivity contribution is 9.10. The fourth-order valence-corrected chi connectivity index (χ4v) is 1.89. The molecule has 2 aromatic rings. The molecule has 0 radical (unpaired) electrons. The molecule has 0 aliphatic rings. The Balaban J connectivity index is 2.13. The molecule has 3 nitrogen and oxygen atoms in total. The second-order valence-electron chi connectivity index (χ2n) is 3.72. The van der Waals surface area contributed by atoms with Crippen LogP contribution in [0.15, 0.2) is 41.0 Å². The number of aromatic nitrogens is 1. The molecule has 0 fully saturated rings. The fourth-order valence-electron chi connectivity index (χ4n) is 1.46. The van der Waals surface area contributed by atoms with E-state index in [1.165, 1.54) is 12.1 Å². The van der Waals surface area contributed by atoms with Crippen LogP contribution in [0, 0.1) is 5.82 Å². The maximum Gasteiger partial charge on any atom is 0.219 e. The number of nitrogens with zero attached hydrogens (tertiary/aromatic N) is 1. The Labute approximate surface area is 113 Å². The molecular formula is C13H12BrFN2O. The van der Waals surface area contributed by atoms with Crippen molar-refractivity contribution in [1.29, 1.82) is 0 Å². The summed E-state index contributed by atoms with van der Waals surface area (Å²) >= 11 is 3.23. The van der Waals surface area contributed by atoms with Gasteiger partial charge in [0.15, 0.2) is 0 Å². The summed E-state index contributed by atoms with van der Waals surface area (Å²) in [5.41, 5.74) is 6.51. The number of rotatable bonds is 4. The molecule has 0 aliphatic carbocycles. The zero-order valence-electron chi connectivity index (χ0n) is 9.57. The van der Waals surface area contributed by atoms with E-state index in [0.717, 1.165) is 12.0 Å². The van der Waals surface area contributed by atoms with E-state index in [0.29, 0.717) is 22.6 Å². The Morgan fingerprint density at radius 1 is 1.28 bits per heavy atom. The standard InChI is InChI=1S/C13H12BrFN2O/c14-11-7-10(15)2-3-12(11)18-13-4-1-9(5-6-16)8-17-13/h1-4,7-8H,5-6,16H2. The first-order valence-electron chi connectivity index (χ1n) is 5.47. The van der Waals surface area contributed by atoms with Gasteiger partial charge in [-0.2, -0.15) is 0 Å². The van der Waals surface area contributed by atoms with Gasteiger partial charge in [-0.25, -0.2) is 9.37 Å². The van der Waals surface area contributed by atoms with Crippen LogP contribution in [0.2, 0.25) is 0 Å². The van der Waals surface area contributed by atoms with Crippen LogP contribution in [0.4, 0.5) is 4.39 Å². The Kier molecular flexibility index (Phi) is 4.28. The molecule has 94 valence electrons. The number of benzene rings is 1. The van der Waals surface area contributed by atoms with E-state index in [2.05, 4.69) is 20.9 Å². The molecule has 18 heavy (non-hydrogen) atoms. The Bertz CT molecular complexity index is 531. The highest BCUT2D eigenvalue weighted by Gasteiger charge is 2.05. The zero-order valence-corrected chi connectivity index (χ0v) is 11.2. The molecule has 2 N–H and O–H groups in total. The van der Waals surface area contributed by atoms with Gasteiger partial charge in [0, 0.05) is 12.3 Å². The lowest BCUT2D eigenvalue weighted by molar-refractivity contribution is 0.458. The van der Waals surface area contributed by atoms with Crippen LogP contribution in [0.5, 0.6) is 11.6 Å². The van der Waals surface area contributed by atoms with Crippen LogP contribution < -0.4 is 10.5 Å². The highest BCUT2D eigenvalue weighted by atomic mass is 79.9. The van der Waals surface area contributed by atoms with Gasteiger partial charge in [0.2, 0.25) is 5.88 Å². The summed E-state index contributed by atoms with van der Waals surface area (Å²) in [4.78, 5) is 4.16. The summed E-state index contributed by atoms with van der Waals surface area (Å²) in [6, 6.07) is 7.91. The lowest BCUT2D eigenvalue weighted by Gasteiger charge is -2.07. The average Bonchev–Trinajstić information content (AvgIpc) is 2.35. The van der Waals surface area contributed by atoms with Crippen molar-refractivity contribution >= 4 is 15.9 Å². The van der Waals surface area contributed by atoms with E-state index < -0.39 is 0 Å². The highest BCUT2D eigenvalue weighted by Crippen LogP contribution is 2.29. The predicted molar refractivity (Wildman–Crippen MR) is 71.2 cm³/mol. The Hall–Kier alpha value is -1.46. The van der Waals surface area contributed by atoms with E-state index in [-0.39, 0.29) is 5.82 Å². The van der Waals surface area contributed by atoms with E-state index in [1.807, 2.05) is 6.07 Å². The molecule has 2 rings (SSSR count). The summed E-state index contributed by atoms with van der Waals surface area (Å²) in [6.07, 6.45) is 2.51. The number of ether oxygens (including phenoxy) is 1. The molecule has 0 saturated carbocycles. The van der Waals surface area contributed by atoms with Crippen LogP contribution >= 0.6 is 15.9 Å². The molecule has 0 unspecified atom stereocenters. The SMILES string of the molecule is NCCc1ccc(Oc2ccc(F)cc2Br)nc1. The van der Waals surface area contributed by atoms with Gasteiger partial charge in [-0.15, -0.1) is 0 Å². The minimum Gasteiger partial charge on any atom is -0.438 e. The second kappa shape index (κ2) is 5.93. The molecule has 1 heterocycles. The summed E-state index contributed by atoms with van der Waals surface area (Å²) in [6.45, 7) is 0.589. The molecule has 0 amide bonds. The van der Waals surface area contributed by atoms with E-state index >= 15 is 0 Å². The number of halogens is 2. The molecule has 1 aromatic heterocycles. The van der Waals surface area contributed by atoms with Crippen LogP contribution in [-0.4, -0.2) is 11.5 Å². The molecule has 0 saturated heterocycles. The summed E-state index contributed by atoms with van der Waals surface area (Å²) in [5, 5.41) is 0. The summed E-state index contributed by atoms with van der Waals surface area (Å²) in [7, 11) is 0. The maximum absolute atomic E-state index is 12.9. The largest absolute Gasteiger partial charge is 0.438 e. The molecule has 5 heteroatoms. The van der Waals surface area contributed by atoms with E-state index in [4.69, 9.17) is 10.5 Å². The average molecular weight is 311 g/mol. The van der Waals surface area contributed by atoms with Crippen LogP contribution in [0.25, 0.3) is 0 Å². The summed E-state index contributed by atoms with van der Waals surface area (Å²) in [5.74, 6) is 0.666. The third-order valence-corrected chi connectivity index (χ3v) is 2.96. The summed E-state index contributed by atoms with van der Waals surface area (Å²) < 4.78 is 19.0. The Morgan fingerprint density at radius 3 is 2.72 bits per heavy atom. The number of pyridine rings is 1. The van der Waals surface area contributed by atoms with Crippen LogP contribution in [0.1, 0.15) is 5.56 Å². The van der Waals surface area contributed by atoms with Crippen molar-refractivity contribution < 1.29 is 9.13 Å². The third kappa shape index (κ3) is 3.27. The second-order valence-corrected chi connectivity index (χ2v) is 4.57. The molecule has 0 bridgehead atoms. The fraction of sp³-hybridized carbons (Fsp3) is 0.154. The predicted octanol–water partition coefficient (Wildman–Crippen LogP) is 3.28. The van der Waals surface area contributed by atoms with E-state index in [9.17, 15) is 4.39 Å². The quantitative estimate of drug-likeness (QED) is 0.942. The van der Waals surface area contributed by atoms with Crippen molar-refractivity contribution in [2.75, 3.05) is 6.54 Å². The first-order valence-corrected chi connectivity index (χ1v) is 6.26. The minimum absolute atomic E-state index is 0.319. The zero-order chi connectivity index (χ0) is 13.0. The Morgan fingerprint density at radius 2 is 2.11 bits per heavy atom. The molecule has 0 atom stereocenters. The van der Waals surface area contributed by atoms with Crippen molar-refractivity contribution in [3.8, 4) is 11.6 Å². The van der Waals surface area contributed by atoms with Gasteiger partial charge in [-0.05, 0) is 52.7 Å². The first kappa shape index (κ1) is 13.0. The molecule has 0 spiro atoms. The molecular weight excluding hydrogens is 299 g/mol. The lowest BCUT2D eigenvalue weighted by atomic mass is 10.2. The third-order valence-electron chi connectivity index (χ3n) is 2.34. The topological polar surface area (TPSA) is 48.1 Å². The minimum atomic E-state index is -0.319.